The molecule has 0 saturated carbocycles. The van der Waals surface area contributed by atoms with Crippen molar-refractivity contribution >= 4 is 5.97 Å². The smallest absolute Gasteiger partial charge is 0.356 e. The Kier molecular flexibility index (Phi) is 4.59. The van der Waals surface area contributed by atoms with Crippen molar-refractivity contribution in [2.24, 2.45) is 0 Å². The minimum Gasteiger partial charge on any atom is -0.494 e. The van der Waals surface area contributed by atoms with Crippen LogP contribution >= 0.6 is 0 Å². The number of aromatic carboxylic acids is 1. The summed E-state index contributed by atoms with van der Waals surface area (Å²) in [4.78, 5) is 11.3. The Morgan fingerprint density at radius 2 is 2.19 bits per heavy atom. The van der Waals surface area contributed by atoms with Gasteiger partial charge >= 0.3 is 5.97 Å². The van der Waals surface area contributed by atoms with Gasteiger partial charge in [0.05, 0.1) is 7.11 Å². The zero-order chi connectivity index (χ0) is 15.4. The predicted octanol–water partition coefficient (Wildman–Crippen LogP) is 1.81. The molecule has 1 aromatic carbocycles. The van der Waals surface area contributed by atoms with E-state index in [-0.39, 0.29) is 12.3 Å². The highest BCUT2D eigenvalue weighted by Gasteiger charge is 2.17. The molecule has 6 nitrogen and oxygen atoms in total. The fourth-order valence-electron chi connectivity index (χ4n) is 2.14. The summed E-state index contributed by atoms with van der Waals surface area (Å²) in [6.45, 7) is 1.95. The molecular formula is C15H18N2O4. The minimum absolute atomic E-state index is 0.00649. The van der Waals surface area contributed by atoms with E-state index in [1.807, 2.05) is 25.1 Å². The Labute approximate surface area is 122 Å². The van der Waals surface area contributed by atoms with Gasteiger partial charge in [0.25, 0.3) is 0 Å². The van der Waals surface area contributed by atoms with E-state index in [1.165, 1.54) is 4.68 Å². The standard InChI is InChI=1S/C15H18N2O4/c1-10-5-6-13(21-2)12(8-10)17-9-11(4-3-7-18)14(16-17)15(19)20/h5-6,8-9,18H,3-4,7H2,1-2H3,(H,19,20). The lowest BCUT2D eigenvalue weighted by Crippen LogP contribution is -2.04. The van der Waals surface area contributed by atoms with Crippen LogP contribution in [0.15, 0.2) is 24.4 Å². The molecule has 0 aliphatic carbocycles. The normalized spacial score (nSPS) is 10.6. The van der Waals surface area contributed by atoms with E-state index in [1.54, 1.807) is 13.3 Å². The van der Waals surface area contributed by atoms with Gasteiger partial charge in [-0.1, -0.05) is 6.07 Å². The number of carboxylic acids is 1. The van der Waals surface area contributed by atoms with E-state index in [0.717, 1.165) is 5.56 Å². The summed E-state index contributed by atoms with van der Waals surface area (Å²) in [7, 11) is 1.56. The maximum absolute atomic E-state index is 11.3. The van der Waals surface area contributed by atoms with Gasteiger partial charge in [0, 0.05) is 18.4 Å². The van der Waals surface area contributed by atoms with Crippen molar-refractivity contribution in [1.82, 2.24) is 9.78 Å². The summed E-state index contributed by atoms with van der Waals surface area (Å²) in [5.41, 5.74) is 2.32. The lowest BCUT2D eigenvalue weighted by molar-refractivity contribution is 0.0688. The van der Waals surface area contributed by atoms with Crippen LogP contribution in [-0.2, 0) is 6.42 Å². The van der Waals surface area contributed by atoms with Crippen molar-refractivity contribution in [2.45, 2.75) is 19.8 Å². The van der Waals surface area contributed by atoms with Crippen molar-refractivity contribution in [2.75, 3.05) is 13.7 Å². The number of aliphatic hydroxyl groups excluding tert-OH is 1. The maximum atomic E-state index is 11.3. The topological polar surface area (TPSA) is 84.6 Å². The lowest BCUT2D eigenvalue weighted by Gasteiger charge is -2.09. The van der Waals surface area contributed by atoms with Gasteiger partial charge in [0.1, 0.15) is 11.4 Å². The Hall–Kier alpha value is -2.34. The first-order valence-electron chi connectivity index (χ1n) is 6.64. The van der Waals surface area contributed by atoms with Gasteiger partial charge in [-0.25, -0.2) is 9.48 Å². The second kappa shape index (κ2) is 6.41. The molecule has 0 saturated heterocycles. The molecule has 2 N–H and O–H groups in total. The SMILES string of the molecule is COc1ccc(C)cc1-n1cc(CCCO)c(C(=O)O)n1. The zero-order valence-electron chi connectivity index (χ0n) is 12.0. The number of aliphatic hydroxyl groups is 1. The number of carboxylic acid groups (broad SMARTS) is 1. The van der Waals surface area contributed by atoms with Crippen LogP contribution in [0.4, 0.5) is 0 Å². The second-order valence-electron chi connectivity index (χ2n) is 4.76. The average molecular weight is 290 g/mol. The van der Waals surface area contributed by atoms with Crippen LogP contribution in [0.2, 0.25) is 0 Å². The van der Waals surface area contributed by atoms with E-state index < -0.39 is 5.97 Å². The highest BCUT2D eigenvalue weighted by atomic mass is 16.5. The largest absolute Gasteiger partial charge is 0.494 e. The van der Waals surface area contributed by atoms with Crippen LogP contribution < -0.4 is 4.74 Å². The Morgan fingerprint density at radius 1 is 1.43 bits per heavy atom. The number of methoxy groups -OCH3 is 1. The van der Waals surface area contributed by atoms with Gasteiger partial charge in [0.15, 0.2) is 5.69 Å². The molecule has 0 aliphatic rings. The van der Waals surface area contributed by atoms with E-state index >= 15 is 0 Å². The predicted molar refractivity (Wildman–Crippen MR) is 77.2 cm³/mol. The summed E-state index contributed by atoms with van der Waals surface area (Å²) in [5, 5.41) is 22.3. The molecule has 1 aromatic heterocycles. The van der Waals surface area contributed by atoms with E-state index in [9.17, 15) is 9.90 Å². The van der Waals surface area contributed by atoms with Gasteiger partial charge < -0.3 is 14.9 Å². The van der Waals surface area contributed by atoms with Gasteiger partial charge in [-0.15, -0.1) is 0 Å². The number of benzene rings is 1. The molecule has 112 valence electrons. The summed E-state index contributed by atoms with van der Waals surface area (Å²) in [5.74, 6) is -0.456. The maximum Gasteiger partial charge on any atom is 0.356 e. The molecule has 6 heteroatoms. The number of hydrogen-bond acceptors (Lipinski definition) is 4. The summed E-state index contributed by atoms with van der Waals surface area (Å²) >= 11 is 0. The minimum atomic E-state index is -1.08. The monoisotopic (exact) mass is 290 g/mol. The zero-order valence-corrected chi connectivity index (χ0v) is 12.0. The molecule has 0 atom stereocenters. The molecule has 0 fully saturated rings. The fraction of sp³-hybridized carbons (Fsp3) is 0.333. The molecule has 0 amide bonds. The first-order chi connectivity index (χ1) is 10.1. The van der Waals surface area contributed by atoms with E-state index in [2.05, 4.69) is 5.10 Å². The molecular weight excluding hydrogens is 272 g/mol. The molecule has 1 heterocycles. The van der Waals surface area contributed by atoms with Gasteiger partial charge in [-0.05, 0) is 37.5 Å². The van der Waals surface area contributed by atoms with Crippen molar-refractivity contribution in [3.8, 4) is 11.4 Å². The molecule has 0 aliphatic heterocycles. The van der Waals surface area contributed by atoms with Gasteiger partial charge in [-0.2, -0.15) is 5.10 Å². The molecule has 21 heavy (non-hydrogen) atoms. The number of ether oxygens (including phenoxy) is 1. The van der Waals surface area contributed by atoms with Crippen molar-refractivity contribution in [1.29, 1.82) is 0 Å². The number of aromatic nitrogens is 2. The molecule has 0 unspecified atom stereocenters. The van der Waals surface area contributed by atoms with Crippen LogP contribution in [0.5, 0.6) is 5.75 Å². The van der Waals surface area contributed by atoms with Crippen LogP contribution in [0.1, 0.15) is 28.0 Å². The third kappa shape index (κ3) is 3.22. The van der Waals surface area contributed by atoms with Gasteiger partial charge in [-0.3, -0.25) is 0 Å². The Morgan fingerprint density at radius 3 is 2.81 bits per heavy atom. The highest BCUT2D eigenvalue weighted by Crippen LogP contribution is 2.25. The first-order valence-corrected chi connectivity index (χ1v) is 6.64. The first kappa shape index (κ1) is 15.1. The third-order valence-electron chi connectivity index (χ3n) is 3.18. The molecule has 0 bridgehead atoms. The van der Waals surface area contributed by atoms with Crippen molar-refractivity contribution in [3.05, 3.63) is 41.2 Å². The van der Waals surface area contributed by atoms with E-state index in [0.29, 0.717) is 29.8 Å². The van der Waals surface area contributed by atoms with E-state index in [4.69, 9.17) is 9.84 Å². The molecule has 2 aromatic rings. The fourth-order valence-corrected chi connectivity index (χ4v) is 2.14. The number of carbonyl (C=O) groups is 1. The summed E-state index contributed by atoms with van der Waals surface area (Å²) in [6, 6.07) is 5.62. The molecule has 2 rings (SSSR count). The van der Waals surface area contributed by atoms with Crippen LogP contribution in [0.25, 0.3) is 5.69 Å². The van der Waals surface area contributed by atoms with Crippen molar-refractivity contribution in [3.63, 3.8) is 0 Å². The quantitative estimate of drug-likeness (QED) is 0.847. The highest BCUT2D eigenvalue weighted by molar-refractivity contribution is 5.87. The average Bonchev–Trinajstić information content (AvgIpc) is 2.89. The summed E-state index contributed by atoms with van der Waals surface area (Å²) in [6.07, 6.45) is 2.64. The molecule has 0 spiro atoms. The third-order valence-corrected chi connectivity index (χ3v) is 3.18. The Balaban J connectivity index is 2.49. The number of aryl methyl sites for hydroxylation is 2. The Bertz CT molecular complexity index is 649. The van der Waals surface area contributed by atoms with Crippen LogP contribution in [0.3, 0.4) is 0 Å². The second-order valence-corrected chi connectivity index (χ2v) is 4.76. The van der Waals surface area contributed by atoms with Crippen LogP contribution in [-0.4, -0.2) is 39.7 Å². The van der Waals surface area contributed by atoms with Crippen molar-refractivity contribution < 1.29 is 19.7 Å². The molecule has 0 radical (unpaired) electrons. The number of hydrogen-bond donors (Lipinski definition) is 2. The summed E-state index contributed by atoms with van der Waals surface area (Å²) < 4.78 is 6.81. The van der Waals surface area contributed by atoms with Gasteiger partial charge in [0.2, 0.25) is 0 Å². The van der Waals surface area contributed by atoms with Crippen LogP contribution in [0, 0.1) is 6.92 Å². The lowest BCUT2D eigenvalue weighted by atomic mass is 10.1. The number of nitrogens with zero attached hydrogens (tertiary/aromatic N) is 2. The number of rotatable bonds is 6.